The summed E-state index contributed by atoms with van der Waals surface area (Å²) in [5.41, 5.74) is 2.54. The molecule has 0 saturated carbocycles. The van der Waals surface area contributed by atoms with Crippen molar-refractivity contribution in [3.05, 3.63) is 65.7 Å². The second kappa shape index (κ2) is 9.48. The number of hydrogen-bond acceptors (Lipinski definition) is 4. The van der Waals surface area contributed by atoms with Gasteiger partial charge in [0, 0.05) is 58.1 Å². The molecule has 0 bridgehead atoms. The summed E-state index contributed by atoms with van der Waals surface area (Å²) in [5.74, 6) is -0.128. The molecule has 1 saturated heterocycles. The Balaban J connectivity index is 1.46. The van der Waals surface area contributed by atoms with Crippen LogP contribution in [0.25, 0.3) is 0 Å². The van der Waals surface area contributed by atoms with Gasteiger partial charge in [0.2, 0.25) is 5.91 Å². The SMILES string of the molecule is CN(C)C(=O)c1cccc(NC(=O)CN2CCN(Cc3ccccc3)CC2)c1. The van der Waals surface area contributed by atoms with Crippen molar-refractivity contribution in [2.24, 2.45) is 0 Å². The van der Waals surface area contributed by atoms with Crippen LogP contribution < -0.4 is 5.32 Å². The van der Waals surface area contributed by atoms with Crippen LogP contribution in [0.1, 0.15) is 15.9 Å². The lowest BCUT2D eigenvalue weighted by atomic mass is 10.2. The highest BCUT2D eigenvalue weighted by molar-refractivity contribution is 5.97. The molecule has 1 N–H and O–H groups in total. The van der Waals surface area contributed by atoms with Gasteiger partial charge in [0.25, 0.3) is 5.91 Å². The number of carbonyl (C=O) groups excluding carboxylic acids is 2. The van der Waals surface area contributed by atoms with Crippen LogP contribution in [0.2, 0.25) is 0 Å². The van der Waals surface area contributed by atoms with E-state index in [1.165, 1.54) is 10.5 Å². The number of benzene rings is 2. The third kappa shape index (κ3) is 5.65. The van der Waals surface area contributed by atoms with Crippen molar-refractivity contribution in [1.82, 2.24) is 14.7 Å². The second-order valence-corrected chi connectivity index (χ2v) is 7.37. The van der Waals surface area contributed by atoms with Gasteiger partial charge in [-0.2, -0.15) is 0 Å². The van der Waals surface area contributed by atoms with E-state index in [0.717, 1.165) is 32.7 Å². The van der Waals surface area contributed by atoms with Crippen LogP contribution in [0.4, 0.5) is 5.69 Å². The molecule has 2 amide bonds. The Bertz CT molecular complexity index is 799. The lowest BCUT2D eigenvalue weighted by Gasteiger charge is -2.34. The van der Waals surface area contributed by atoms with Crippen molar-refractivity contribution in [1.29, 1.82) is 0 Å². The minimum absolute atomic E-state index is 0.0500. The number of anilines is 1. The highest BCUT2D eigenvalue weighted by atomic mass is 16.2. The van der Waals surface area contributed by atoms with E-state index in [9.17, 15) is 9.59 Å². The summed E-state index contributed by atoms with van der Waals surface area (Å²) in [6, 6.07) is 17.5. The molecule has 1 heterocycles. The molecule has 6 nitrogen and oxygen atoms in total. The number of nitrogens with zero attached hydrogens (tertiary/aromatic N) is 3. The lowest BCUT2D eigenvalue weighted by molar-refractivity contribution is -0.117. The molecule has 28 heavy (non-hydrogen) atoms. The van der Waals surface area contributed by atoms with Gasteiger partial charge < -0.3 is 10.2 Å². The fourth-order valence-electron chi connectivity index (χ4n) is 3.34. The lowest BCUT2D eigenvalue weighted by Crippen LogP contribution is -2.48. The molecular formula is C22H28N4O2. The van der Waals surface area contributed by atoms with Crippen LogP contribution in [0.5, 0.6) is 0 Å². The molecule has 148 valence electrons. The maximum atomic E-state index is 12.4. The van der Waals surface area contributed by atoms with Crippen LogP contribution in [-0.4, -0.2) is 73.3 Å². The number of hydrogen-bond donors (Lipinski definition) is 1. The fraction of sp³-hybridized carbons (Fsp3) is 0.364. The van der Waals surface area contributed by atoms with Crippen molar-refractivity contribution in [2.75, 3.05) is 52.1 Å². The standard InChI is InChI=1S/C22H28N4O2/c1-24(2)22(28)19-9-6-10-20(15-19)23-21(27)17-26-13-11-25(12-14-26)16-18-7-4-3-5-8-18/h3-10,15H,11-14,16-17H2,1-2H3,(H,23,27). The van der Waals surface area contributed by atoms with Gasteiger partial charge >= 0.3 is 0 Å². The molecule has 1 aliphatic rings. The van der Waals surface area contributed by atoms with E-state index in [1.54, 1.807) is 32.3 Å². The molecule has 2 aromatic carbocycles. The molecular weight excluding hydrogens is 352 g/mol. The Labute approximate surface area is 166 Å². The van der Waals surface area contributed by atoms with Gasteiger partial charge in [-0.3, -0.25) is 19.4 Å². The summed E-state index contributed by atoms with van der Waals surface area (Å²) in [7, 11) is 3.43. The summed E-state index contributed by atoms with van der Waals surface area (Å²) in [5, 5.41) is 2.91. The van der Waals surface area contributed by atoms with Crippen molar-refractivity contribution < 1.29 is 9.59 Å². The third-order valence-electron chi connectivity index (χ3n) is 4.88. The van der Waals surface area contributed by atoms with Crippen LogP contribution in [0, 0.1) is 0 Å². The highest BCUT2D eigenvalue weighted by Gasteiger charge is 2.19. The average Bonchev–Trinajstić information content (AvgIpc) is 2.70. The molecule has 1 aliphatic heterocycles. The molecule has 0 atom stereocenters. The Morgan fingerprint density at radius 1 is 0.929 bits per heavy atom. The van der Waals surface area contributed by atoms with Gasteiger partial charge in [-0.15, -0.1) is 0 Å². The first kappa shape index (κ1) is 20.0. The van der Waals surface area contributed by atoms with Crippen LogP contribution >= 0.6 is 0 Å². The number of carbonyl (C=O) groups is 2. The van der Waals surface area contributed by atoms with E-state index in [2.05, 4.69) is 39.4 Å². The normalized spacial score (nSPS) is 15.2. The molecule has 0 unspecified atom stereocenters. The van der Waals surface area contributed by atoms with Crippen LogP contribution in [0.3, 0.4) is 0 Å². The Hall–Kier alpha value is -2.70. The molecule has 0 spiro atoms. The molecule has 0 aliphatic carbocycles. The largest absolute Gasteiger partial charge is 0.345 e. The summed E-state index contributed by atoms with van der Waals surface area (Å²) >= 11 is 0. The van der Waals surface area contributed by atoms with Crippen molar-refractivity contribution in [2.45, 2.75) is 6.54 Å². The van der Waals surface area contributed by atoms with E-state index < -0.39 is 0 Å². The Morgan fingerprint density at radius 3 is 2.29 bits per heavy atom. The first-order valence-electron chi connectivity index (χ1n) is 9.61. The summed E-state index contributed by atoms with van der Waals surface area (Å²) in [4.78, 5) is 30.6. The van der Waals surface area contributed by atoms with Gasteiger partial charge in [-0.05, 0) is 23.8 Å². The van der Waals surface area contributed by atoms with E-state index in [1.807, 2.05) is 12.1 Å². The van der Waals surface area contributed by atoms with Gasteiger partial charge in [0.15, 0.2) is 0 Å². The molecule has 1 fully saturated rings. The minimum Gasteiger partial charge on any atom is -0.345 e. The Morgan fingerprint density at radius 2 is 1.61 bits per heavy atom. The molecule has 0 aromatic heterocycles. The van der Waals surface area contributed by atoms with E-state index in [-0.39, 0.29) is 11.8 Å². The summed E-state index contributed by atoms with van der Waals surface area (Å²) < 4.78 is 0. The van der Waals surface area contributed by atoms with Crippen molar-refractivity contribution in [3.8, 4) is 0 Å². The van der Waals surface area contributed by atoms with Crippen LogP contribution in [-0.2, 0) is 11.3 Å². The van der Waals surface area contributed by atoms with Gasteiger partial charge in [0.1, 0.15) is 0 Å². The molecule has 3 rings (SSSR count). The van der Waals surface area contributed by atoms with E-state index in [4.69, 9.17) is 0 Å². The highest BCUT2D eigenvalue weighted by Crippen LogP contribution is 2.13. The topological polar surface area (TPSA) is 55.9 Å². The van der Waals surface area contributed by atoms with E-state index >= 15 is 0 Å². The maximum Gasteiger partial charge on any atom is 0.253 e. The fourth-order valence-corrected chi connectivity index (χ4v) is 3.34. The zero-order chi connectivity index (χ0) is 19.9. The number of nitrogens with one attached hydrogen (secondary N) is 1. The summed E-state index contributed by atoms with van der Waals surface area (Å²) in [6.45, 7) is 4.97. The predicted octanol–water partition coefficient (Wildman–Crippen LogP) is 2.14. The molecule has 6 heteroatoms. The summed E-state index contributed by atoms with van der Waals surface area (Å²) in [6.07, 6.45) is 0. The molecule has 2 aromatic rings. The van der Waals surface area contributed by atoms with Crippen molar-refractivity contribution in [3.63, 3.8) is 0 Å². The quantitative estimate of drug-likeness (QED) is 0.834. The predicted molar refractivity (Wildman–Crippen MR) is 111 cm³/mol. The number of amides is 2. The minimum atomic E-state index is -0.0781. The molecule has 0 radical (unpaired) electrons. The average molecular weight is 380 g/mol. The number of piperazine rings is 1. The van der Waals surface area contributed by atoms with Gasteiger partial charge in [-0.1, -0.05) is 36.4 Å². The van der Waals surface area contributed by atoms with Crippen molar-refractivity contribution >= 4 is 17.5 Å². The zero-order valence-electron chi connectivity index (χ0n) is 16.6. The van der Waals surface area contributed by atoms with Crippen LogP contribution in [0.15, 0.2) is 54.6 Å². The van der Waals surface area contributed by atoms with E-state index in [0.29, 0.717) is 17.8 Å². The first-order chi connectivity index (χ1) is 13.5. The number of rotatable bonds is 6. The monoisotopic (exact) mass is 380 g/mol. The van der Waals surface area contributed by atoms with Gasteiger partial charge in [0.05, 0.1) is 6.54 Å². The smallest absolute Gasteiger partial charge is 0.253 e. The second-order valence-electron chi connectivity index (χ2n) is 7.37. The third-order valence-corrected chi connectivity index (χ3v) is 4.88. The zero-order valence-corrected chi connectivity index (χ0v) is 16.6. The maximum absolute atomic E-state index is 12.4. The Kier molecular flexibility index (Phi) is 6.79. The first-order valence-corrected chi connectivity index (χ1v) is 9.61. The van der Waals surface area contributed by atoms with Gasteiger partial charge in [-0.25, -0.2) is 0 Å².